The van der Waals surface area contributed by atoms with E-state index in [2.05, 4.69) is 33.5 Å². The molecule has 27 heavy (non-hydrogen) atoms. The van der Waals surface area contributed by atoms with Crippen LogP contribution < -0.4 is 11.1 Å². The SMILES string of the molecule is Cc1nc(NCC2(C(N)=O)CCOCC2)c2cc(-c3ccccc3)sc2n1. The number of benzene rings is 1. The molecule has 1 aliphatic heterocycles. The fourth-order valence-corrected chi connectivity index (χ4v) is 4.52. The molecular weight excluding hydrogens is 360 g/mol. The zero-order chi connectivity index (χ0) is 18.9. The molecule has 3 aromatic rings. The van der Waals surface area contributed by atoms with Crippen molar-refractivity contribution in [3.63, 3.8) is 0 Å². The van der Waals surface area contributed by atoms with Crippen LogP contribution in [-0.4, -0.2) is 35.6 Å². The lowest BCUT2D eigenvalue weighted by Gasteiger charge is -2.34. The van der Waals surface area contributed by atoms with Gasteiger partial charge in [-0.15, -0.1) is 11.3 Å². The summed E-state index contributed by atoms with van der Waals surface area (Å²) in [5.41, 5.74) is 6.28. The quantitative estimate of drug-likeness (QED) is 0.706. The van der Waals surface area contributed by atoms with Crippen LogP contribution >= 0.6 is 11.3 Å². The van der Waals surface area contributed by atoms with Crippen molar-refractivity contribution in [2.45, 2.75) is 19.8 Å². The van der Waals surface area contributed by atoms with E-state index < -0.39 is 5.41 Å². The molecule has 0 radical (unpaired) electrons. The summed E-state index contributed by atoms with van der Waals surface area (Å²) in [5.74, 6) is 1.17. The van der Waals surface area contributed by atoms with Crippen LogP contribution in [0.25, 0.3) is 20.7 Å². The number of ether oxygens (including phenoxy) is 1. The topological polar surface area (TPSA) is 90.1 Å². The second kappa shape index (κ2) is 7.25. The third-order valence-corrected chi connectivity index (χ3v) is 6.21. The highest BCUT2D eigenvalue weighted by molar-refractivity contribution is 7.21. The second-order valence-corrected chi connectivity index (χ2v) is 7.96. The largest absolute Gasteiger partial charge is 0.381 e. The first kappa shape index (κ1) is 17.9. The molecular formula is C20H22N4O2S. The lowest BCUT2D eigenvalue weighted by atomic mass is 9.79. The van der Waals surface area contributed by atoms with E-state index in [0.717, 1.165) is 26.5 Å². The van der Waals surface area contributed by atoms with Crippen LogP contribution in [0.2, 0.25) is 0 Å². The Hall–Kier alpha value is -2.51. The smallest absolute Gasteiger partial charge is 0.225 e. The summed E-state index contributed by atoms with van der Waals surface area (Å²) in [5, 5.41) is 4.35. The molecule has 6 nitrogen and oxygen atoms in total. The number of thiophene rings is 1. The summed E-state index contributed by atoms with van der Waals surface area (Å²) < 4.78 is 5.41. The van der Waals surface area contributed by atoms with Crippen molar-refractivity contribution in [2.75, 3.05) is 25.1 Å². The van der Waals surface area contributed by atoms with Crippen LogP contribution in [0.1, 0.15) is 18.7 Å². The van der Waals surface area contributed by atoms with Crippen LogP contribution in [0.5, 0.6) is 0 Å². The van der Waals surface area contributed by atoms with E-state index in [1.54, 1.807) is 11.3 Å². The first-order chi connectivity index (χ1) is 13.1. The first-order valence-electron chi connectivity index (χ1n) is 9.03. The third kappa shape index (κ3) is 3.52. The molecule has 2 aromatic heterocycles. The summed E-state index contributed by atoms with van der Waals surface area (Å²) in [6, 6.07) is 12.3. The molecule has 7 heteroatoms. The minimum Gasteiger partial charge on any atom is -0.381 e. The van der Waals surface area contributed by atoms with Crippen LogP contribution in [-0.2, 0) is 9.53 Å². The number of aromatic nitrogens is 2. The minimum atomic E-state index is -0.596. The molecule has 1 aliphatic rings. The van der Waals surface area contributed by atoms with E-state index in [1.165, 1.54) is 0 Å². The number of aryl methyl sites for hydroxylation is 1. The predicted octanol–water partition coefficient (Wildman–Crippen LogP) is 3.36. The molecule has 1 amide bonds. The van der Waals surface area contributed by atoms with Crippen molar-refractivity contribution >= 4 is 33.3 Å². The standard InChI is InChI=1S/C20H22N4O2S/c1-13-23-17(22-12-20(19(21)25)7-9-26-10-8-20)15-11-16(27-18(15)24-13)14-5-3-2-4-6-14/h2-6,11H,7-10,12H2,1H3,(H2,21,25)(H,22,23,24). The summed E-state index contributed by atoms with van der Waals surface area (Å²) in [6.07, 6.45) is 1.25. The van der Waals surface area contributed by atoms with Gasteiger partial charge in [0, 0.05) is 24.6 Å². The number of nitrogens with two attached hydrogens (primary N) is 1. The van der Waals surface area contributed by atoms with Crippen LogP contribution in [0.15, 0.2) is 36.4 Å². The van der Waals surface area contributed by atoms with Gasteiger partial charge >= 0.3 is 0 Å². The molecule has 0 aliphatic carbocycles. The monoisotopic (exact) mass is 382 g/mol. The third-order valence-electron chi connectivity index (χ3n) is 5.13. The van der Waals surface area contributed by atoms with Gasteiger partial charge in [0.1, 0.15) is 16.5 Å². The highest BCUT2D eigenvalue weighted by Crippen LogP contribution is 2.36. The van der Waals surface area contributed by atoms with Crippen LogP contribution in [0.3, 0.4) is 0 Å². The van der Waals surface area contributed by atoms with Crippen molar-refractivity contribution < 1.29 is 9.53 Å². The van der Waals surface area contributed by atoms with Gasteiger partial charge in [0.15, 0.2) is 0 Å². The Morgan fingerprint density at radius 1 is 1.26 bits per heavy atom. The van der Waals surface area contributed by atoms with Crippen molar-refractivity contribution in [1.29, 1.82) is 0 Å². The Labute approximate surface area is 161 Å². The highest BCUT2D eigenvalue weighted by Gasteiger charge is 2.38. The summed E-state index contributed by atoms with van der Waals surface area (Å²) in [4.78, 5) is 23.4. The van der Waals surface area contributed by atoms with Gasteiger partial charge in [0.25, 0.3) is 0 Å². The lowest BCUT2D eigenvalue weighted by Crippen LogP contribution is -2.46. The van der Waals surface area contributed by atoms with Gasteiger partial charge in [-0.3, -0.25) is 4.79 Å². The number of rotatable bonds is 5. The molecule has 3 N–H and O–H groups in total. The molecule has 0 unspecified atom stereocenters. The predicted molar refractivity (Wildman–Crippen MR) is 108 cm³/mol. The highest BCUT2D eigenvalue weighted by atomic mass is 32.1. The second-order valence-electron chi connectivity index (χ2n) is 6.93. The Balaban J connectivity index is 1.67. The fraction of sp³-hybridized carbons (Fsp3) is 0.350. The molecule has 0 bridgehead atoms. The maximum atomic E-state index is 12.1. The molecule has 140 valence electrons. The average Bonchev–Trinajstić information content (AvgIpc) is 3.11. The molecule has 1 fully saturated rings. The summed E-state index contributed by atoms with van der Waals surface area (Å²) in [7, 11) is 0. The van der Waals surface area contributed by atoms with Gasteiger partial charge in [-0.2, -0.15) is 0 Å². The molecule has 1 saturated heterocycles. The van der Waals surface area contributed by atoms with E-state index in [0.29, 0.717) is 38.4 Å². The van der Waals surface area contributed by atoms with Crippen molar-refractivity contribution in [3.05, 3.63) is 42.2 Å². The summed E-state index contributed by atoms with van der Waals surface area (Å²) in [6.45, 7) is 3.44. The molecule has 0 saturated carbocycles. The fourth-order valence-electron chi connectivity index (χ4n) is 3.43. The number of anilines is 1. The zero-order valence-electron chi connectivity index (χ0n) is 15.2. The number of primary amides is 1. The van der Waals surface area contributed by atoms with Crippen molar-refractivity contribution in [3.8, 4) is 10.4 Å². The number of nitrogens with one attached hydrogen (secondary N) is 1. The lowest BCUT2D eigenvalue weighted by molar-refractivity contribution is -0.132. The molecule has 0 atom stereocenters. The van der Waals surface area contributed by atoms with E-state index in [1.807, 2.05) is 25.1 Å². The van der Waals surface area contributed by atoms with Crippen LogP contribution in [0.4, 0.5) is 5.82 Å². The van der Waals surface area contributed by atoms with Crippen LogP contribution in [0, 0.1) is 12.3 Å². The van der Waals surface area contributed by atoms with Gasteiger partial charge in [-0.1, -0.05) is 30.3 Å². The summed E-state index contributed by atoms with van der Waals surface area (Å²) >= 11 is 1.64. The number of amides is 1. The molecule has 4 rings (SSSR count). The van der Waals surface area contributed by atoms with E-state index >= 15 is 0 Å². The maximum absolute atomic E-state index is 12.1. The first-order valence-corrected chi connectivity index (χ1v) is 9.84. The van der Waals surface area contributed by atoms with Gasteiger partial charge < -0.3 is 15.8 Å². The normalized spacial score (nSPS) is 16.3. The average molecular weight is 382 g/mol. The van der Waals surface area contributed by atoms with Gasteiger partial charge in [-0.25, -0.2) is 9.97 Å². The van der Waals surface area contributed by atoms with Crippen molar-refractivity contribution in [2.24, 2.45) is 11.1 Å². The maximum Gasteiger partial charge on any atom is 0.225 e. The van der Waals surface area contributed by atoms with Gasteiger partial charge in [-0.05, 0) is 31.4 Å². The molecule has 3 heterocycles. The number of carbonyl (C=O) groups is 1. The van der Waals surface area contributed by atoms with Crippen molar-refractivity contribution in [1.82, 2.24) is 9.97 Å². The molecule has 1 aromatic carbocycles. The van der Waals surface area contributed by atoms with E-state index in [-0.39, 0.29) is 5.91 Å². The van der Waals surface area contributed by atoms with E-state index in [9.17, 15) is 4.79 Å². The number of hydrogen-bond donors (Lipinski definition) is 2. The van der Waals surface area contributed by atoms with Gasteiger partial charge in [0.2, 0.25) is 5.91 Å². The Bertz CT molecular complexity index is 965. The number of fused-ring (bicyclic) bond motifs is 1. The van der Waals surface area contributed by atoms with E-state index in [4.69, 9.17) is 10.5 Å². The number of hydrogen-bond acceptors (Lipinski definition) is 6. The van der Waals surface area contributed by atoms with Gasteiger partial charge in [0.05, 0.1) is 10.8 Å². The Morgan fingerprint density at radius 2 is 2.00 bits per heavy atom. The minimum absolute atomic E-state index is 0.282. The molecule has 0 spiro atoms. The Kier molecular flexibility index (Phi) is 4.80. The Morgan fingerprint density at radius 3 is 2.70 bits per heavy atom. The number of nitrogens with zero attached hydrogens (tertiary/aromatic N) is 2. The number of carbonyl (C=O) groups excluding carboxylic acids is 1. The zero-order valence-corrected chi connectivity index (χ0v) is 16.0.